The summed E-state index contributed by atoms with van der Waals surface area (Å²) in [5.74, 6) is -1.75. The van der Waals surface area contributed by atoms with E-state index in [9.17, 15) is 14.4 Å². The van der Waals surface area contributed by atoms with Gasteiger partial charge in [-0.1, -0.05) is 0 Å². The maximum absolute atomic E-state index is 12.0. The maximum Gasteiger partial charge on any atom is 0.339 e. The van der Waals surface area contributed by atoms with E-state index >= 15 is 0 Å². The molecule has 1 atom stereocenters. The van der Waals surface area contributed by atoms with E-state index in [0.29, 0.717) is 18.5 Å². The highest BCUT2D eigenvalue weighted by Crippen LogP contribution is 2.21. The first-order valence-corrected chi connectivity index (χ1v) is 5.98. The zero-order valence-corrected chi connectivity index (χ0v) is 10.4. The molecule has 102 valence electrons. The Morgan fingerprint density at radius 1 is 1.47 bits per heavy atom. The number of carboxylic acid groups (broad SMARTS) is 1. The summed E-state index contributed by atoms with van der Waals surface area (Å²) < 4.78 is 0. The second-order valence-electron chi connectivity index (χ2n) is 4.54. The molecule has 7 nitrogen and oxygen atoms in total. The third-order valence-corrected chi connectivity index (χ3v) is 3.19. The molecule has 19 heavy (non-hydrogen) atoms. The number of anilines is 1. The number of hydrogen-bond donors (Lipinski definition) is 4. The van der Waals surface area contributed by atoms with Gasteiger partial charge in [-0.2, -0.15) is 0 Å². The van der Waals surface area contributed by atoms with Crippen molar-refractivity contribution in [3.05, 3.63) is 17.5 Å². The van der Waals surface area contributed by atoms with E-state index in [0.717, 1.165) is 0 Å². The third-order valence-electron chi connectivity index (χ3n) is 3.19. The molecular weight excluding hydrogens is 250 g/mol. The molecule has 2 heterocycles. The number of aromatic amines is 1. The number of carboxylic acids is 1. The fourth-order valence-electron chi connectivity index (χ4n) is 2.09. The average molecular weight is 265 g/mol. The number of piperidine rings is 1. The summed E-state index contributed by atoms with van der Waals surface area (Å²) in [6, 6.07) is 0. The number of aromatic nitrogens is 1. The Bertz CT molecular complexity index is 525. The number of nitrogens with one attached hydrogen (secondary N) is 3. The Hall–Kier alpha value is -2.31. The van der Waals surface area contributed by atoms with Gasteiger partial charge in [-0.3, -0.25) is 9.59 Å². The van der Waals surface area contributed by atoms with Crippen molar-refractivity contribution in [2.45, 2.75) is 19.8 Å². The summed E-state index contributed by atoms with van der Waals surface area (Å²) in [5, 5.41) is 14.3. The van der Waals surface area contributed by atoms with Gasteiger partial charge in [-0.05, 0) is 13.3 Å². The lowest BCUT2D eigenvalue weighted by Gasteiger charge is -2.21. The summed E-state index contributed by atoms with van der Waals surface area (Å²) in [5.41, 5.74) is 0.805. The van der Waals surface area contributed by atoms with Crippen LogP contribution in [-0.2, 0) is 9.59 Å². The van der Waals surface area contributed by atoms with Gasteiger partial charge in [0.2, 0.25) is 11.8 Å². The Labute approximate surface area is 109 Å². The van der Waals surface area contributed by atoms with Gasteiger partial charge in [0.05, 0.1) is 11.6 Å². The van der Waals surface area contributed by atoms with Crippen LogP contribution in [0, 0.1) is 12.8 Å². The molecule has 1 aromatic rings. The van der Waals surface area contributed by atoms with E-state index in [4.69, 9.17) is 5.11 Å². The van der Waals surface area contributed by atoms with Gasteiger partial charge in [0.15, 0.2) is 0 Å². The normalized spacial score (nSPS) is 18.8. The molecule has 0 saturated carbocycles. The molecule has 0 radical (unpaired) electrons. The Balaban J connectivity index is 2.07. The number of hydrogen-bond acceptors (Lipinski definition) is 3. The molecule has 4 N–H and O–H groups in total. The van der Waals surface area contributed by atoms with Crippen molar-refractivity contribution in [3.8, 4) is 0 Å². The molecule has 1 saturated heterocycles. The summed E-state index contributed by atoms with van der Waals surface area (Å²) in [6.45, 7) is 1.91. The van der Waals surface area contributed by atoms with E-state index in [1.807, 2.05) is 0 Å². The predicted molar refractivity (Wildman–Crippen MR) is 66.9 cm³/mol. The van der Waals surface area contributed by atoms with Gasteiger partial charge >= 0.3 is 5.97 Å². The van der Waals surface area contributed by atoms with E-state index in [-0.39, 0.29) is 35.5 Å². The minimum absolute atomic E-state index is 0.0623. The van der Waals surface area contributed by atoms with Crippen molar-refractivity contribution in [3.63, 3.8) is 0 Å². The van der Waals surface area contributed by atoms with Crippen molar-refractivity contribution in [2.24, 2.45) is 5.92 Å². The Kier molecular flexibility index (Phi) is 3.55. The van der Waals surface area contributed by atoms with Crippen LogP contribution < -0.4 is 10.6 Å². The van der Waals surface area contributed by atoms with Gasteiger partial charge < -0.3 is 20.7 Å². The van der Waals surface area contributed by atoms with Gasteiger partial charge in [0.1, 0.15) is 5.56 Å². The highest BCUT2D eigenvalue weighted by atomic mass is 16.4. The van der Waals surface area contributed by atoms with Crippen LogP contribution in [0.4, 0.5) is 5.69 Å². The number of carbonyl (C=O) groups excluding carboxylic acids is 2. The monoisotopic (exact) mass is 265 g/mol. The minimum atomic E-state index is -1.09. The molecule has 1 unspecified atom stereocenters. The van der Waals surface area contributed by atoms with Crippen LogP contribution in [0.3, 0.4) is 0 Å². The lowest BCUT2D eigenvalue weighted by Crippen LogP contribution is -2.40. The Morgan fingerprint density at radius 3 is 2.79 bits per heavy atom. The van der Waals surface area contributed by atoms with Gasteiger partial charge in [0.25, 0.3) is 0 Å². The molecule has 1 aliphatic heterocycles. The van der Waals surface area contributed by atoms with E-state index in [1.54, 1.807) is 6.92 Å². The fraction of sp³-hybridized carbons (Fsp3) is 0.417. The third kappa shape index (κ3) is 2.75. The standard InChI is InChI=1S/C12H15N3O4/c1-6-10(12(18)19)8(5-13-6)15-11(17)7-2-3-9(16)14-4-7/h5,7,13H,2-4H2,1H3,(H,14,16)(H,15,17)(H,18,19). The SMILES string of the molecule is Cc1[nH]cc(NC(=O)C2CCC(=O)NC2)c1C(=O)O. The number of H-pyrrole nitrogens is 1. The number of rotatable bonds is 3. The predicted octanol–water partition coefficient (Wildman–Crippen LogP) is 0.486. The van der Waals surface area contributed by atoms with Crippen molar-refractivity contribution >= 4 is 23.5 Å². The van der Waals surface area contributed by atoms with Crippen molar-refractivity contribution < 1.29 is 19.5 Å². The van der Waals surface area contributed by atoms with E-state index in [1.165, 1.54) is 6.20 Å². The van der Waals surface area contributed by atoms with Crippen LogP contribution >= 0.6 is 0 Å². The number of carbonyl (C=O) groups is 3. The zero-order chi connectivity index (χ0) is 14.0. The summed E-state index contributed by atoms with van der Waals surface area (Å²) >= 11 is 0. The number of aromatic carboxylic acids is 1. The van der Waals surface area contributed by atoms with Crippen LogP contribution in [0.15, 0.2) is 6.20 Å². The fourth-order valence-corrected chi connectivity index (χ4v) is 2.09. The minimum Gasteiger partial charge on any atom is -0.478 e. The lowest BCUT2D eigenvalue weighted by atomic mass is 9.98. The van der Waals surface area contributed by atoms with Gasteiger partial charge in [-0.15, -0.1) is 0 Å². The molecule has 0 aromatic carbocycles. The molecule has 2 rings (SSSR count). The maximum atomic E-state index is 12.0. The van der Waals surface area contributed by atoms with Gasteiger partial charge in [-0.25, -0.2) is 4.79 Å². The molecule has 7 heteroatoms. The number of amides is 2. The topological polar surface area (TPSA) is 111 Å². The van der Waals surface area contributed by atoms with Crippen LogP contribution in [-0.4, -0.2) is 34.4 Å². The first-order valence-electron chi connectivity index (χ1n) is 5.98. The Morgan fingerprint density at radius 2 is 2.21 bits per heavy atom. The van der Waals surface area contributed by atoms with Crippen molar-refractivity contribution in [1.82, 2.24) is 10.3 Å². The molecule has 0 bridgehead atoms. The molecule has 0 spiro atoms. The summed E-state index contributed by atoms with van der Waals surface area (Å²) in [4.78, 5) is 36.8. The van der Waals surface area contributed by atoms with Crippen molar-refractivity contribution in [2.75, 3.05) is 11.9 Å². The largest absolute Gasteiger partial charge is 0.478 e. The van der Waals surface area contributed by atoms with Crippen LogP contribution in [0.2, 0.25) is 0 Å². The highest BCUT2D eigenvalue weighted by molar-refractivity contribution is 6.02. The number of aryl methyl sites for hydroxylation is 1. The van der Waals surface area contributed by atoms with Crippen LogP contribution in [0.1, 0.15) is 28.9 Å². The van der Waals surface area contributed by atoms with Gasteiger partial charge in [0, 0.05) is 24.9 Å². The first-order chi connectivity index (χ1) is 8.99. The second-order valence-corrected chi connectivity index (χ2v) is 4.54. The molecule has 1 aromatic heterocycles. The molecular formula is C12H15N3O4. The second kappa shape index (κ2) is 5.13. The quantitative estimate of drug-likeness (QED) is 0.637. The average Bonchev–Trinajstić information content (AvgIpc) is 2.71. The van der Waals surface area contributed by atoms with Crippen LogP contribution in [0.25, 0.3) is 0 Å². The lowest BCUT2D eigenvalue weighted by molar-refractivity contribution is -0.126. The van der Waals surface area contributed by atoms with Crippen molar-refractivity contribution in [1.29, 1.82) is 0 Å². The molecule has 1 aliphatic rings. The molecule has 2 amide bonds. The smallest absolute Gasteiger partial charge is 0.339 e. The zero-order valence-electron chi connectivity index (χ0n) is 10.4. The van der Waals surface area contributed by atoms with E-state index in [2.05, 4.69) is 15.6 Å². The van der Waals surface area contributed by atoms with Crippen LogP contribution in [0.5, 0.6) is 0 Å². The van der Waals surface area contributed by atoms with E-state index < -0.39 is 5.97 Å². The summed E-state index contributed by atoms with van der Waals surface area (Å²) in [7, 11) is 0. The molecule has 1 fully saturated rings. The summed E-state index contributed by atoms with van der Waals surface area (Å²) in [6.07, 6.45) is 2.25. The molecule has 0 aliphatic carbocycles. The highest BCUT2D eigenvalue weighted by Gasteiger charge is 2.26. The first kappa shape index (κ1) is 13.1.